The Morgan fingerprint density at radius 2 is 2.08 bits per heavy atom. The zero-order valence-electron chi connectivity index (χ0n) is 13.3. The second-order valence-corrected chi connectivity index (χ2v) is 7.85. The zero-order valence-corrected chi connectivity index (χ0v) is 15.7. The van der Waals surface area contributed by atoms with E-state index in [1.165, 1.54) is 7.11 Å². The first-order valence-electron chi connectivity index (χ1n) is 7.20. The molecule has 0 aromatic heterocycles. The minimum absolute atomic E-state index is 0. The van der Waals surface area contributed by atoms with Gasteiger partial charge in [0, 0.05) is 13.7 Å². The van der Waals surface area contributed by atoms with Crippen LogP contribution in [-0.2, 0) is 20.9 Å². The van der Waals surface area contributed by atoms with Crippen LogP contribution >= 0.6 is 24.0 Å². The fourth-order valence-corrected chi connectivity index (χ4v) is 4.32. The highest BCUT2D eigenvalue weighted by molar-refractivity contribution is 7.89. The van der Waals surface area contributed by atoms with Crippen molar-refractivity contribution in [1.29, 1.82) is 0 Å². The van der Waals surface area contributed by atoms with Crippen LogP contribution in [0.5, 0.6) is 0 Å². The molecule has 5 nitrogen and oxygen atoms in total. The molecule has 144 valence electrons. The molecule has 2 N–H and O–H groups in total. The summed E-state index contributed by atoms with van der Waals surface area (Å²) < 4.78 is 70.7. The molecular formula is C14H19Cl2F3N2O3S. The Morgan fingerprint density at radius 3 is 2.60 bits per heavy atom. The Hall–Kier alpha value is -0.580. The van der Waals surface area contributed by atoms with E-state index < -0.39 is 32.2 Å². The zero-order chi connectivity index (χ0) is 18.0. The van der Waals surface area contributed by atoms with Gasteiger partial charge < -0.3 is 10.1 Å². The highest BCUT2D eigenvalue weighted by Gasteiger charge is 2.36. The lowest BCUT2D eigenvalue weighted by molar-refractivity contribution is -0.137. The van der Waals surface area contributed by atoms with E-state index in [2.05, 4.69) is 10.0 Å². The smallest absolute Gasteiger partial charge is 0.383 e. The van der Waals surface area contributed by atoms with Crippen LogP contribution in [0, 0.1) is 0 Å². The Kier molecular flexibility index (Phi) is 7.55. The van der Waals surface area contributed by atoms with E-state index in [1.807, 2.05) is 0 Å². The normalized spacial score (nSPS) is 21.2. The molecule has 25 heavy (non-hydrogen) atoms. The largest absolute Gasteiger partial charge is 0.416 e. The Bertz CT molecular complexity index is 693. The summed E-state index contributed by atoms with van der Waals surface area (Å²) in [7, 11) is -2.70. The van der Waals surface area contributed by atoms with E-state index in [-0.39, 0.29) is 30.6 Å². The van der Waals surface area contributed by atoms with Gasteiger partial charge in [0.25, 0.3) is 0 Å². The first kappa shape index (κ1) is 22.5. The van der Waals surface area contributed by atoms with E-state index in [1.54, 1.807) is 0 Å². The molecular weight excluding hydrogens is 404 g/mol. The van der Waals surface area contributed by atoms with E-state index in [4.69, 9.17) is 16.3 Å². The van der Waals surface area contributed by atoms with Gasteiger partial charge in [0.15, 0.2) is 0 Å². The van der Waals surface area contributed by atoms with Crippen LogP contribution in [0.25, 0.3) is 0 Å². The molecule has 0 bridgehead atoms. The maximum atomic E-state index is 12.8. The van der Waals surface area contributed by atoms with Gasteiger partial charge in [0.2, 0.25) is 10.0 Å². The molecule has 1 unspecified atom stereocenters. The van der Waals surface area contributed by atoms with Crippen molar-refractivity contribution < 1.29 is 26.3 Å². The monoisotopic (exact) mass is 422 g/mol. The highest BCUT2D eigenvalue weighted by Crippen LogP contribution is 2.33. The topological polar surface area (TPSA) is 67.4 Å². The predicted molar refractivity (Wildman–Crippen MR) is 90.7 cm³/mol. The molecule has 11 heteroatoms. The molecule has 1 aliphatic rings. The maximum Gasteiger partial charge on any atom is 0.416 e. The summed E-state index contributed by atoms with van der Waals surface area (Å²) in [6, 6.07) is 2.21. The van der Waals surface area contributed by atoms with Crippen LogP contribution < -0.4 is 10.0 Å². The van der Waals surface area contributed by atoms with Gasteiger partial charge in [-0.25, -0.2) is 13.1 Å². The lowest BCUT2D eigenvalue weighted by Gasteiger charge is -2.29. The average Bonchev–Trinajstić information content (AvgIpc) is 2.94. The fourth-order valence-electron chi connectivity index (χ4n) is 2.67. The number of rotatable bonds is 6. The number of hydrogen-bond acceptors (Lipinski definition) is 4. The van der Waals surface area contributed by atoms with Crippen LogP contribution in [0.2, 0.25) is 5.02 Å². The molecule has 0 amide bonds. The molecule has 1 saturated heterocycles. The molecule has 0 spiro atoms. The molecule has 1 aromatic rings. The van der Waals surface area contributed by atoms with Gasteiger partial charge in [0.05, 0.1) is 22.7 Å². The predicted octanol–water partition coefficient (Wildman–Crippen LogP) is 2.83. The molecule has 1 heterocycles. The van der Waals surface area contributed by atoms with Crippen LogP contribution in [0.15, 0.2) is 23.1 Å². The highest BCUT2D eigenvalue weighted by atomic mass is 35.5. The maximum absolute atomic E-state index is 12.8. The third kappa shape index (κ3) is 5.45. The molecule has 1 fully saturated rings. The molecule has 0 radical (unpaired) electrons. The van der Waals surface area contributed by atoms with Gasteiger partial charge in [-0.05, 0) is 37.6 Å². The lowest BCUT2D eigenvalue weighted by Crippen LogP contribution is -2.52. The molecule has 1 atom stereocenters. The summed E-state index contributed by atoms with van der Waals surface area (Å²) in [6.45, 7) is 0.997. The number of methoxy groups -OCH3 is 1. The number of halogens is 5. The number of ether oxygens (including phenoxy) is 1. The Balaban J connectivity index is 0.00000312. The Labute approximate surface area is 155 Å². The average molecular weight is 423 g/mol. The number of benzene rings is 1. The summed E-state index contributed by atoms with van der Waals surface area (Å²) in [5.41, 5.74) is -1.64. The Morgan fingerprint density at radius 1 is 1.40 bits per heavy atom. The fraction of sp³-hybridized carbons (Fsp3) is 0.571. The summed E-state index contributed by atoms with van der Waals surface area (Å²) in [5, 5.41) is 2.91. The number of nitrogens with one attached hydrogen (secondary N) is 2. The summed E-state index contributed by atoms with van der Waals surface area (Å²) in [6.07, 6.45) is -3.10. The minimum atomic E-state index is -4.65. The second kappa shape index (κ2) is 8.41. The van der Waals surface area contributed by atoms with Crippen molar-refractivity contribution in [1.82, 2.24) is 10.0 Å². The van der Waals surface area contributed by atoms with Gasteiger partial charge >= 0.3 is 6.18 Å². The SMILES string of the molecule is COCC1(CNS(=O)(=O)c2cc(C(F)(F)F)ccc2Cl)CCCN1.Cl. The summed E-state index contributed by atoms with van der Waals surface area (Å²) in [5.74, 6) is 0. The molecule has 0 saturated carbocycles. The van der Waals surface area contributed by atoms with Crippen LogP contribution in [0.3, 0.4) is 0 Å². The van der Waals surface area contributed by atoms with Crippen molar-refractivity contribution in [3.05, 3.63) is 28.8 Å². The molecule has 2 rings (SSSR count). The molecule has 1 aliphatic heterocycles. The van der Waals surface area contributed by atoms with Crippen LogP contribution in [-0.4, -0.2) is 40.8 Å². The van der Waals surface area contributed by atoms with Gasteiger partial charge in [-0.15, -0.1) is 12.4 Å². The van der Waals surface area contributed by atoms with Gasteiger partial charge in [-0.3, -0.25) is 0 Å². The van der Waals surface area contributed by atoms with E-state index in [0.717, 1.165) is 25.1 Å². The minimum Gasteiger partial charge on any atom is -0.383 e. The van der Waals surface area contributed by atoms with Gasteiger partial charge in [0.1, 0.15) is 4.90 Å². The first-order valence-corrected chi connectivity index (χ1v) is 9.06. The van der Waals surface area contributed by atoms with Crippen molar-refractivity contribution >= 4 is 34.0 Å². The third-order valence-corrected chi connectivity index (χ3v) is 5.78. The molecule has 1 aromatic carbocycles. The molecule has 0 aliphatic carbocycles. The summed E-state index contributed by atoms with van der Waals surface area (Å²) in [4.78, 5) is -0.593. The lowest BCUT2D eigenvalue weighted by atomic mass is 9.99. The first-order chi connectivity index (χ1) is 11.1. The van der Waals surface area contributed by atoms with Crippen LogP contribution in [0.4, 0.5) is 13.2 Å². The van der Waals surface area contributed by atoms with Crippen molar-refractivity contribution in [2.24, 2.45) is 0 Å². The van der Waals surface area contributed by atoms with Crippen molar-refractivity contribution in [3.8, 4) is 0 Å². The van der Waals surface area contributed by atoms with Crippen molar-refractivity contribution in [2.75, 3.05) is 26.8 Å². The second-order valence-electron chi connectivity index (χ2n) is 5.71. The van der Waals surface area contributed by atoms with E-state index in [0.29, 0.717) is 12.5 Å². The third-order valence-electron chi connectivity index (χ3n) is 3.90. The van der Waals surface area contributed by atoms with Crippen molar-refractivity contribution in [3.63, 3.8) is 0 Å². The number of sulfonamides is 1. The van der Waals surface area contributed by atoms with Gasteiger partial charge in [-0.2, -0.15) is 13.2 Å². The van der Waals surface area contributed by atoms with E-state index >= 15 is 0 Å². The summed E-state index contributed by atoms with van der Waals surface area (Å²) >= 11 is 5.80. The standard InChI is InChI=1S/C14H18ClF3N2O3S.ClH/c1-23-9-13(5-2-6-19-13)8-20-24(21,22)12-7-10(14(16,17)18)3-4-11(12)15;/h3-4,7,19-20H,2,5-6,8-9H2,1H3;1H. The van der Waals surface area contributed by atoms with Crippen LogP contribution in [0.1, 0.15) is 18.4 Å². The number of alkyl halides is 3. The van der Waals surface area contributed by atoms with E-state index in [9.17, 15) is 21.6 Å². The van der Waals surface area contributed by atoms with Crippen molar-refractivity contribution in [2.45, 2.75) is 29.5 Å². The van der Waals surface area contributed by atoms with Gasteiger partial charge in [-0.1, -0.05) is 11.6 Å². The quantitative estimate of drug-likeness (QED) is 0.739. The number of hydrogen-bond donors (Lipinski definition) is 2.